The number of para-hydroxylation sites is 1. The SMILES string of the molecule is O=c1c2ccccc2nc(-c2cccc(Cl)c2)n1NS(=O)(=O)C1CCCCC1. The van der Waals surface area contributed by atoms with Crippen LogP contribution in [0.2, 0.25) is 5.02 Å². The van der Waals surface area contributed by atoms with Crippen LogP contribution >= 0.6 is 11.6 Å². The molecule has 0 bridgehead atoms. The van der Waals surface area contributed by atoms with Gasteiger partial charge >= 0.3 is 0 Å². The van der Waals surface area contributed by atoms with Crippen LogP contribution in [0.25, 0.3) is 22.3 Å². The van der Waals surface area contributed by atoms with Crippen LogP contribution in [0, 0.1) is 0 Å². The maximum absolute atomic E-state index is 13.1. The fourth-order valence-corrected chi connectivity index (χ4v) is 5.33. The zero-order chi connectivity index (χ0) is 19.7. The minimum atomic E-state index is -3.73. The molecule has 3 aromatic rings. The highest BCUT2D eigenvalue weighted by molar-refractivity contribution is 7.92. The van der Waals surface area contributed by atoms with Crippen LogP contribution in [-0.4, -0.2) is 23.3 Å². The number of aromatic nitrogens is 2. The van der Waals surface area contributed by atoms with Gasteiger partial charge in [-0.05, 0) is 37.1 Å². The largest absolute Gasteiger partial charge is 0.281 e. The minimum Gasteiger partial charge on any atom is -0.267 e. The van der Waals surface area contributed by atoms with Gasteiger partial charge in [0.15, 0.2) is 5.82 Å². The Hall–Kier alpha value is -2.38. The third-order valence-electron chi connectivity index (χ3n) is 5.07. The maximum atomic E-state index is 13.1. The van der Waals surface area contributed by atoms with Gasteiger partial charge in [-0.15, -0.1) is 0 Å². The standard InChI is InChI=1S/C20H20ClN3O3S/c21-15-8-6-7-14(13-15)19-22-18-12-5-4-11-17(18)20(25)24(19)23-28(26,27)16-9-2-1-3-10-16/h4-8,11-13,16,23H,1-3,9-10H2. The van der Waals surface area contributed by atoms with Crippen molar-refractivity contribution in [2.45, 2.75) is 37.4 Å². The van der Waals surface area contributed by atoms with Gasteiger partial charge < -0.3 is 0 Å². The van der Waals surface area contributed by atoms with Gasteiger partial charge in [-0.2, -0.15) is 4.68 Å². The van der Waals surface area contributed by atoms with Gasteiger partial charge in [0.2, 0.25) is 10.0 Å². The van der Waals surface area contributed by atoms with E-state index < -0.39 is 20.8 Å². The summed E-state index contributed by atoms with van der Waals surface area (Å²) < 4.78 is 27.0. The Bertz CT molecular complexity index is 1180. The molecule has 0 unspecified atom stereocenters. The Labute approximate surface area is 168 Å². The van der Waals surface area contributed by atoms with Gasteiger partial charge in [0.25, 0.3) is 5.56 Å². The van der Waals surface area contributed by atoms with E-state index in [1.807, 2.05) is 0 Å². The number of hydrogen-bond donors (Lipinski definition) is 1. The van der Waals surface area contributed by atoms with Crippen molar-refractivity contribution in [1.29, 1.82) is 0 Å². The van der Waals surface area contributed by atoms with Crippen molar-refractivity contribution in [3.8, 4) is 11.4 Å². The van der Waals surface area contributed by atoms with Crippen molar-refractivity contribution in [2.24, 2.45) is 0 Å². The number of nitrogens with one attached hydrogen (secondary N) is 1. The summed E-state index contributed by atoms with van der Waals surface area (Å²) in [5, 5.41) is 0.313. The summed E-state index contributed by atoms with van der Waals surface area (Å²) in [5.41, 5.74) is 0.595. The lowest BCUT2D eigenvalue weighted by atomic mass is 10.0. The predicted molar refractivity (Wildman–Crippen MR) is 112 cm³/mol. The third-order valence-corrected chi connectivity index (χ3v) is 7.09. The molecule has 28 heavy (non-hydrogen) atoms. The number of sulfonamides is 1. The summed E-state index contributed by atoms with van der Waals surface area (Å²) in [6.45, 7) is 0. The van der Waals surface area contributed by atoms with E-state index >= 15 is 0 Å². The van der Waals surface area contributed by atoms with Crippen molar-refractivity contribution >= 4 is 32.5 Å². The van der Waals surface area contributed by atoms with Crippen LogP contribution in [0.3, 0.4) is 0 Å². The van der Waals surface area contributed by atoms with Crippen molar-refractivity contribution in [3.63, 3.8) is 0 Å². The molecule has 4 rings (SSSR count). The molecule has 2 aromatic carbocycles. The van der Waals surface area contributed by atoms with E-state index in [0.29, 0.717) is 34.3 Å². The first-order valence-electron chi connectivity index (χ1n) is 9.25. The molecule has 8 heteroatoms. The van der Waals surface area contributed by atoms with E-state index in [4.69, 9.17) is 11.6 Å². The van der Waals surface area contributed by atoms with Crippen LogP contribution < -0.4 is 10.4 Å². The maximum Gasteiger partial charge on any atom is 0.281 e. The summed E-state index contributed by atoms with van der Waals surface area (Å²) in [6, 6.07) is 13.7. The molecule has 146 valence electrons. The van der Waals surface area contributed by atoms with E-state index in [1.165, 1.54) is 0 Å². The van der Waals surface area contributed by atoms with Crippen LogP contribution in [-0.2, 0) is 10.0 Å². The predicted octanol–water partition coefficient (Wildman–Crippen LogP) is 3.92. The average Bonchev–Trinajstić information content (AvgIpc) is 2.70. The quantitative estimate of drug-likeness (QED) is 0.697. The van der Waals surface area contributed by atoms with Gasteiger partial charge in [-0.3, -0.25) is 4.79 Å². The first-order chi connectivity index (χ1) is 13.5. The highest BCUT2D eigenvalue weighted by Crippen LogP contribution is 2.25. The van der Waals surface area contributed by atoms with Crippen molar-refractivity contribution in [1.82, 2.24) is 9.66 Å². The van der Waals surface area contributed by atoms with Crippen LogP contribution in [0.15, 0.2) is 53.3 Å². The molecule has 1 aliphatic rings. The van der Waals surface area contributed by atoms with E-state index in [9.17, 15) is 13.2 Å². The molecule has 6 nitrogen and oxygen atoms in total. The molecular weight excluding hydrogens is 398 g/mol. The monoisotopic (exact) mass is 417 g/mol. The molecule has 0 radical (unpaired) electrons. The number of rotatable bonds is 4. The normalized spacial score (nSPS) is 15.6. The molecule has 0 atom stereocenters. The molecule has 0 amide bonds. The van der Waals surface area contributed by atoms with E-state index in [1.54, 1.807) is 48.5 Å². The number of nitrogens with zero attached hydrogens (tertiary/aromatic N) is 2. The summed E-state index contributed by atoms with van der Waals surface area (Å²) in [5.74, 6) is 0.214. The smallest absolute Gasteiger partial charge is 0.267 e. The van der Waals surface area contributed by atoms with Crippen molar-refractivity contribution in [2.75, 3.05) is 4.83 Å². The summed E-state index contributed by atoms with van der Waals surface area (Å²) in [7, 11) is -3.73. The average molecular weight is 418 g/mol. The zero-order valence-corrected chi connectivity index (χ0v) is 16.7. The lowest BCUT2D eigenvalue weighted by Crippen LogP contribution is -2.40. The van der Waals surface area contributed by atoms with Crippen LogP contribution in [0.1, 0.15) is 32.1 Å². The number of fused-ring (bicyclic) bond motifs is 1. The second-order valence-corrected chi connectivity index (χ2v) is 9.38. The molecular formula is C20H20ClN3O3S. The number of benzene rings is 2. The Morgan fingerprint density at radius 3 is 2.54 bits per heavy atom. The van der Waals surface area contributed by atoms with E-state index in [0.717, 1.165) is 23.9 Å². The number of halogens is 1. The third kappa shape index (κ3) is 3.64. The molecule has 1 aromatic heterocycles. The lowest BCUT2D eigenvalue weighted by molar-refractivity contribution is 0.483. The molecule has 1 N–H and O–H groups in total. The first kappa shape index (κ1) is 19.0. The Kier molecular flexibility index (Phi) is 5.12. The van der Waals surface area contributed by atoms with Crippen LogP contribution in [0.5, 0.6) is 0 Å². The Morgan fingerprint density at radius 2 is 1.79 bits per heavy atom. The molecule has 1 aliphatic carbocycles. The fourth-order valence-electron chi connectivity index (χ4n) is 3.62. The summed E-state index contributed by atoms with van der Waals surface area (Å²) in [4.78, 5) is 20.2. The van der Waals surface area contributed by atoms with Gasteiger partial charge in [0.05, 0.1) is 16.2 Å². The molecule has 1 saturated carbocycles. The van der Waals surface area contributed by atoms with Gasteiger partial charge in [0, 0.05) is 10.6 Å². The van der Waals surface area contributed by atoms with E-state index in [2.05, 4.69) is 9.82 Å². The Balaban J connectivity index is 1.89. The van der Waals surface area contributed by atoms with Gasteiger partial charge in [0.1, 0.15) is 0 Å². The van der Waals surface area contributed by atoms with E-state index in [-0.39, 0.29) is 5.82 Å². The summed E-state index contributed by atoms with van der Waals surface area (Å²) in [6.07, 6.45) is 3.97. The molecule has 1 heterocycles. The van der Waals surface area contributed by atoms with Gasteiger partial charge in [-0.1, -0.05) is 55.1 Å². The highest BCUT2D eigenvalue weighted by Gasteiger charge is 2.29. The van der Waals surface area contributed by atoms with Gasteiger partial charge in [-0.25, -0.2) is 18.2 Å². The fraction of sp³-hybridized carbons (Fsp3) is 0.300. The minimum absolute atomic E-state index is 0.214. The second-order valence-electron chi connectivity index (χ2n) is 7.00. The van der Waals surface area contributed by atoms with Crippen molar-refractivity contribution < 1.29 is 8.42 Å². The molecule has 0 aliphatic heterocycles. The number of hydrogen-bond acceptors (Lipinski definition) is 4. The molecule has 1 fully saturated rings. The second kappa shape index (κ2) is 7.56. The highest BCUT2D eigenvalue weighted by atomic mass is 35.5. The summed E-state index contributed by atoms with van der Waals surface area (Å²) >= 11 is 6.11. The lowest BCUT2D eigenvalue weighted by Gasteiger charge is -2.24. The zero-order valence-electron chi connectivity index (χ0n) is 15.1. The topological polar surface area (TPSA) is 81.1 Å². The van der Waals surface area contributed by atoms with Crippen molar-refractivity contribution in [3.05, 3.63) is 63.9 Å². The first-order valence-corrected chi connectivity index (χ1v) is 11.2. The molecule has 0 spiro atoms. The molecule has 0 saturated heterocycles. The Morgan fingerprint density at radius 1 is 1.04 bits per heavy atom. The van der Waals surface area contributed by atoms with Crippen LogP contribution in [0.4, 0.5) is 0 Å².